The van der Waals surface area contributed by atoms with Gasteiger partial charge in [0.15, 0.2) is 5.50 Å². The molecule has 5 nitrogen and oxygen atoms in total. The minimum Gasteiger partial charge on any atom is -0.284 e. The van der Waals surface area contributed by atoms with Crippen LogP contribution < -0.4 is 4.72 Å². The number of rotatable bonds is 4. The normalized spacial score (nSPS) is 13.2. The van der Waals surface area contributed by atoms with E-state index < -0.39 is 15.5 Å². The van der Waals surface area contributed by atoms with Gasteiger partial charge in [-0.3, -0.25) is 4.72 Å². The number of alkyl halides is 1. The molecule has 0 spiro atoms. The van der Waals surface area contributed by atoms with Gasteiger partial charge in [-0.2, -0.15) is 0 Å². The van der Waals surface area contributed by atoms with Gasteiger partial charge in [-0.1, -0.05) is 23.7 Å². The molecule has 0 heterocycles. The summed E-state index contributed by atoms with van der Waals surface area (Å²) in [4.78, 5) is 10.1. The number of hydrogen-bond acceptors (Lipinski definition) is 4. The summed E-state index contributed by atoms with van der Waals surface area (Å²) >= 11 is 5.56. The zero-order valence-corrected chi connectivity index (χ0v) is 9.42. The molecule has 1 unspecified atom stereocenters. The number of nitroso groups, excluding NO2 is 1. The van der Waals surface area contributed by atoms with E-state index in [1.165, 1.54) is 24.3 Å². The molecule has 0 aliphatic rings. The topological polar surface area (TPSA) is 75.6 Å². The number of halogens is 1. The van der Waals surface area contributed by atoms with Crippen LogP contribution in [-0.4, -0.2) is 14.7 Å². The summed E-state index contributed by atoms with van der Waals surface area (Å²) in [5.74, 6) is 0. The fourth-order valence-electron chi connectivity index (χ4n) is 0.985. The number of benzene rings is 1. The Balaban J connectivity index is 2.86. The van der Waals surface area contributed by atoms with Crippen LogP contribution in [0.4, 0.5) is 5.69 Å². The summed E-state index contributed by atoms with van der Waals surface area (Å²) in [6.07, 6.45) is 1.05. The van der Waals surface area contributed by atoms with E-state index in [2.05, 4.69) is 9.90 Å². The van der Waals surface area contributed by atoms with Crippen molar-refractivity contribution in [3.8, 4) is 0 Å². The van der Waals surface area contributed by atoms with Crippen molar-refractivity contribution >= 4 is 27.3 Å². The van der Waals surface area contributed by atoms with Crippen molar-refractivity contribution in [2.45, 2.75) is 5.50 Å². The Morgan fingerprint density at radius 3 is 2.27 bits per heavy atom. The second-order valence-corrected chi connectivity index (χ2v) is 5.10. The van der Waals surface area contributed by atoms with Crippen molar-refractivity contribution in [3.05, 3.63) is 34.7 Å². The lowest BCUT2D eigenvalue weighted by Crippen LogP contribution is -2.09. The van der Waals surface area contributed by atoms with Gasteiger partial charge in [-0.15, -0.1) is 4.91 Å². The molecule has 0 aliphatic carbocycles. The van der Waals surface area contributed by atoms with Crippen molar-refractivity contribution in [2.24, 2.45) is 5.18 Å². The first-order chi connectivity index (χ1) is 6.92. The highest BCUT2D eigenvalue weighted by atomic mass is 35.5. The Bertz CT molecular complexity index is 443. The predicted octanol–water partition coefficient (Wildman–Crippen LogP) is 2.06. The Morgan fingerprint density at radius 2 is 1.87 bits per heavy atom. The second kappa shape index (κ2) is 4.59. The van der Waals surface area contributed by atoms with E-state index in [1.807, 2.05) is 0 Å². The van der Waals surface area contributed by atoms with Gasteiger partial charge in [0.25, 0.3) is 0 Å². The molecule has 7 heteroatoms. The maximum Gasteiger partial charge on any atom is 0.229 e. The minimum atomic E-state index is -3.28. The number of sulfonamides is 1. The third-order valence-electron chi connectivity index (χ3n) is 1.58. The van der Waals surface area contributed by atoms with Crippen molar-refractivity contribution in [1.82, 2.24) is 0 Å². The Hall–Kier alpha value is -1.14. The highest BCUT2D eigenvalue weighted by Crippen LogP contribution is 2.22. The van der Waals surface area contributed by atoms with Crippen molar-refractivity contribution in [1.29, 1.82) is 0 Å². The molecule has 1 rings (SSSR count). The number of nitrogens with one attached hydrogen (secondary N) is 1. The molecule has 0 bridgehead atoms. The molecular formula is C8H9ClN2O3S. The van der Waals surface area contributed by atoms with Crippen molar-refractivity contribution < 1.29 is 8.42 Å². The van der Waals surface area contributed by atoms with Gasteiger partial charge in [-0.05, 0) is 22.9 Å². The zero-order chi connectivity index (χ0) is 11.5. The van der Waals surface area contributed by atoms with Crippen molar-refractivity contribution in [3.63, 3.8) is 0 Å². The molecule has 0 saturated heterocycles. The minimum absolute atomic E-state index is 0.413. The molecule has 0 saturated carbocycles. The maximum atomic E-state index is 10.9. The third kappa shape index (κ3) is 3.85. The van der Waals surface area contributed by atoms with E-state index in [4.69, 9.17) is 11.6 Å². The molecule has 82 valence electrons. The number of nitrogens with zero attached hydrogens (tertiary/aromatic N) is 1. The summed E-state index contributed by atoms with van der Waals surface area (Å²) in [7, 11) is -3.28. The van der Waals surface area contributed by atoms with Gasteiger partial charge in [0, 0.05) is 5.69 Å². The lowest BCUT2D eigenvalue weighted by molar-refractivity contribution is 0.607. The van der Waals surface area contributed by atoms with E-state index in [9.17, 15) is 13.3 Å². The maximum absolute atomic E-state index is 10.9. The van der Waals surface area contributed by atoms with Gasteiger partial charge >= 0.3 is 0 Å². The van der Waals surface area contributed by atoms with Gasteiger partial charge < -0.3 is 0 Å². The Kier molecular flexibility index (Phi) is 3.65. The van der Waals surface area contributed by atoms with Crippen LogP contribution in [0, 0.1) is 4.91 Å². The van der Waals surface area contributed by atoms with Crippen LogP contribution in [0.2, 0.25) is 0 Å². The van der Waals surface area contributed by atoms with Crippen LogP contribution in [0.25, 0.3) is 0 Å². The average molecular weight is 249 g/mol. The van der Waals surface area contributed by atoms with Crippen LogP contribution in [0.3, 0.4) is 0 Å². The first-order valence-electron chi connectivity index (χ1n) is 3.96. The molecule has 1 N–H and O–H groups in total. The summed E-state index contributed by atoms with van der Waals surface area (Å²) in [5, 5.41) is 2.64. The molecule has 1 atom stereocenters. The van der Waals surface area contributed by atoms with E-state index in [0.717, 1.165) is 6.26 Å². The number of anilines is 1. The van der Waals surface area contributed by atoms with E-state index in [1.54, 1.807) is 0 Å². The monoisotopic (exact) mass is 248 g/mol. The first-order valence-corrected chi connectivity index (χ1v) is 6.29. The fraction of sp³-hybridized carbons (Fsp3) is 0.250. The highest BCUT2D eigenvalue weighted by molar-refractivity contribution is 7.92. The highest BCUT2D eigenvalue weighted by Gasteiger charge is 2.07. The second-order valence-electron chi connectivity index (χ2n) is 2.94. The standard InChI is InChI=1S/C8H9ClN2O3S/c1-15(13,14)11-7-4-2-6(3-5-7)8(9)10-12/h2-5,8,11H,1H3. The Morgan fingerprint density at radius 1 is 1.33 bits per heavy atom. The first kappa shape index (κ1) is 11.9. The molecular weight excluding hydrogens is 240 g/mol. The third-order valence-corrected chi connectivity index (χ3v) is 2.52. The summed E-state index contributed by atoms with van der Waals surface area (Å²) in [6.45, 7) is 0. The predicted molar refractivity (Wildman–Crippen MR) is 59.3 cm³/mol. The molecule has 1 aromatic rings. The molecule has 1 aromatic carbocycles. The molecule has 0 radical (unpaired) electrons. The average Bonchev–Trinajstić information content (AvgIpc) is 2.15. The van der Waals surface area contributed by atoms with Crippen LogP contribution in [-0.2, 0) is 10.0 Å². The largest absolute Gasteiger partial charge is 0.284 e. The van der Waals surface area contributed by atoms with Crippen LogP contribution in [0.1, 0.15) is 11.1 Å². The Labute approximate surface area is 92.5 Å². The van der Waals surface area contributed by atoms with Crippen LogP contribution >= 0.6 is 11.6 Å². The van der Waals surface area contributed by atoms with Crippen LogP contribution in [0.15, 0.2) is 29.4 Å². The number of hydrogen-bond donors (Lipinski definition) is 1. The quantitative estimate of drug-likeness (QED) is 0.503. The van der Waals surface area contributed by atoms with Gasteiger partial charge in [0.1, 0.15) is 0 Å². The fourth-order valence-corrected chi connectivity index (χ4v) is 1.69. The molecule has 0 aliphatic heterocycles. The molecule has 0 amide bonds. The van der Waals surface area contributed by atoms with Crippen LogP contribution in [0.5, 0.6) is 0 Å². The van der Waals surface area contributed by atoms with Gasteiger partial charge in [0.05, 0.1) is 6.26 Å². The molecule has 0 aromatic heterocycles. The summed E-state index contributed by atoms with van der Waals surface area (Å²) in [6, 6.07) is 6.09. The lowest BCUT2D eigenvalue weighted by Gasteiger charge is -2.05. The zero-order valence-electron chi connectivity index (χ0n) is 7.84. The van der Waals surface area contributed by atoms with E-state index in [0.29, 0.717) is 11.3 Å². The van der Waals surface area contributed by atoms with E-state index in [-0.39, 0.29) is 0 Å². The summed E-state index contributed by atoms with van der Waals surface area (Å²) in [5.41, 5.74) is -0.0148. The summed E-state index contributed by atoms with van der Waals surface area (Å²) < 4.78 is 24.0. The van der Waals surface area contributed by atoms with Crippen molar-refractivity contribution in [2.75, 3.05) is 11.0 Å². The van der Waals surface area contributed by atoms with Gasteiger partial charge in [-0.25, -0.2) is 8.42 Å². The molecule has 0 fully saturated rings. The van der Waals surface area contributed by atoms with Gasteiger partial charge in [0.2, 0.25) is 10.0 Å². The lowest BCUT2D eigenvalue weighted by atomic mass is 10.2. The smallest absolute Gasteiger partial charge is 0.229 e. The SMILES string of the molecule is CS(=O)(=O)Nc1ccc(C(Cl)N=O)cc1. The molecule has 15 heavy (non-hydrogen) atoms. The van der Waals surface area contributed by atoms with E-state index >= 15 is 0 Å².